The molecule has 0 saturated heterocycles. The maximum atomic E-state index is 4.13. The van der Waals surface area contributed by atoms with Crippen LogP contribution in [0.1, 0.15) is 31.7 Å². The maximum absolute atomic E-state index is 4.13. The van der Waals surface area contributed by atoms with Crippen LogP contribution < -0.4 is 0 Å². The summed E-state index contributed by atoms with van der Waals surface area (Å²) in [5.41, 5.74) is 0. The van der Waals surface area contributed by atoms with E-state index < -0.39 is 0 Å². The Morgan fingerprint density at radius 2 is 1.83 bits per heavy atom. The predicted molar refractivity (Wildman–Crippen MR) is 46.7 cm³/mol. The monoisotopic (exact) mass is 162 g/mol. The molecule has 0 aromatic carbocycles. The predicted octanol–water partition coefficient (Wildman–Crippen LogP) is 2.24. The molecule has 0 unspecified atom stereocenters. The molecule has 0 spiro atoms. The Hall–Kier alpha value is -0.790. The molecular weight excluding hydrogens is 148 g/mol. The third-order valence-electron chi connectivity index (χ3n) is 3.08. The van der Waals surface area contributed by atoms with Crippen molar-refractivity contribution < 1.29 is 0 Å². The lowest BCUT2D eigenvalue weighted by molar-refractivity contribution is 0.394. The second-order valence-electron chi connectivity index (χ2n) is 4.18. The van der Waals surface area contributed by atoms with E-state index in [0.717, 1.165) is 17.9 Å². The molecule has 12 heavy (non-hydrogen) atoms. The first-order valence-electron chi connectivity index (χ1n) is 4.92. The van der Waals surface area contributed by atoms with Crippen molar-refractivity contribution in [2.24, 2.45) is 11.8 Å². The Bertz CT molecular complexity index is 245. The van der Waals surface area contributed by atoms with Crippen LogP contribution in [0.25, 0.3) is 0 Å². The lowest BCUT2D eigenvalue weighted by atomic mass is 10.1. The van der Waals surface area contributed by atoms with Gasteiger partial charge < -0.3 is 4.57 Å². The van der Waals surface area contributed by atoms with Crippen molar-refractivity contribution in [3.8, 4) is 0 Å². The molecule has 1 aromatic heterocycles. The number of rotatable bonds is 3. The fraction of sp³-hybridized carbons (Fsp3) is 0.700. The van der Waals surface area contributed by atoms with Gasteiger partial charge in [0, 0.05) is 18.4 Å². The molecule has 3 rings (SSSR count). The summed E-state index contributed by atoms with van der Waals surface area (Å²) in [5, 5.41) is 0. The first-order chi connectivity index (χ1) is 5.95. The number of hydrogen-bond donors (Lipinski definition) is 0. The molecule has 0 aliphatic heterocycles. The van der Waals surface area contributed by atoms with Crippen molar-refractivity contribution in [3.63, 3.8) is 0 Å². The summed E-state index contributed by atoms with van der Waals surface area (Å²) >= 11 is 0. The molecule has 0 bridgehead atoms. The van der Waals surface area contributed by atoms with Crippen LogP contribution in [0, 0.1) is 11.8 Å². The average Bonchev–Trinajstić information content (AvgIpc) is 2.95. The molecule has 0 amide bonds. The van der Waals surface area contributed by atoms with E-state index in [1.807, 2.05) is 12.5 Å². The van der Waals surface area contributed by atoms with Crippen molar-refractivity contribution in [2.45, 2.75) is 31.7 Å². The van der Waals surface area contributed by atoms with Gasteiger partial charge in [0.1, 0.15) is 0 Å². The quantitative estimate of drug-likeness (QED) is 0.666. The fourth-order valence-corrected chi connectivity index (χ4v) is 2.19. The zero-order valence-electron chi connectivity index (χ0n) is 7.19. The standard InChI is InChI=1S/C10H14N2/c1-2-8(1)10(9-3-4-9)12-6-5-11-7-12/h5-10H,1-4H2. The van der Waals surface area contributed by atoms with Crippen LogP contribution in [0.2, 0.25) is 0 Å². The summed E-state index contributed by atoms with van der Waals surface area (Å²) in [4.78, 5) is 4.13. The van der Waals surface area contributed by atoms with Gasteiger partial charge in [-0.2, -0.15) is 0 Å². The SMILES string of the molecule is c1cn(C(C2CC2)C2CC2)cn1. The summed E-state index contributed by atoms with van der Waals surface area (Å²) in [5.74, 6) is 1.96. The van der Waals surface area contributed by atoms with Gasteiger partial charge in [-0.1, -0.05) is 0 Å². The highest BCUT2D eigenvalue weighted by Crippen LogP contribution is 2.51. The molecule has 0 atom stereocenters. The lowest BCUT2D eigenvalue weighted by Crippen LogP contribution is -2.11. The van der Waals surface area contributed by atoms with Gasteiger partial charge in [0.05, 0.1) is 6.33 Å². The second kappa shape index (κ2) is 2.35. The van der Waals surface area contributed by atoms with E-state index in [1.54, 1.807) is 0 Å². The molecule has 2 aliphatic rings. The van der Waals surface area contributed by atoms with Crippen molar-refractivity contribution in [1.82, 2.24) is 9.55 Å². The van der Waals surface area contributed by atoms with Gasteiger partial charge in [0.25, 0.3) is 0 Å². The highest BCUT2D eigenvalue weighted by atomic mass is 15.1. The van der Waals surface area contributed by atoms with Crippen LogP contribution in [0.4, 0.5) is 0 Å². The Morgan fingerprint density at radius 3 is 2.25 bits per heavy atom. The van der Waals surface area contributed by atoms with E-state index in [9.17, 15) is 0 Å². The summed E-state index contributed by atoms with van der Waals surface area (Å²) in [6.07, 6.45) is 11.8. The molecule has 64 valence electrons. The minimum Gasteiger partial charge on any atom is -0.334 e. The van der Waals surface area contributed by atoms with E-state index in [2.05, 4.69) is 15.7 Å². The number of nitrogens with zero attached hydrogens (tertiary/aromatic N) is 2. The first-order valence-corrected chi connectivity index (χ1v) is 4.92. The molecule has 0 radical (unpaired) electrons. The number of imidazole rings is 1. The summed E-state index contributed by atoms with van der Waals surface area (Å²) in [6, 6.07) is 0.799. The van der Waals surface area contributed by atoms with Crippen molar-refractivity contribution >= 4 is 0 Å². The molecule has 1 aromatic rings. The van der Waals surface area contributed by atoms with Crippen LogP contribution >= 0.6 is 0 Å². The van der Waals surface area contributed by atoms with Crippen molar-refractivity contribution in [3.05, 3.63) is 18.7 Å². The summed E-state index contributed by atoms with van der Waals surface area (Å²) in [6.45, 7) is 0. The Kier molecular flexibility index (Phi) is 1.31. The van der Waals surface area contributed by atoms with Crippen molar-refractivity contribution in [1.29, 1.82) is 0 Å². The normalized spacial score (nSPS) is 23.4. The minimum absolute atomic E-state index is 0.799. The van der Waals surface area contributed by atoms with Crippen LogP contribution in [-0.4, -0.2) is 9.55 Å². The Labute approximate surface area is 72.6 Å². The van der Waals surface area contributed by atoms with E-state index in [1.165, 1.54) is 25.7 Å². The summed E-state index contributed by atoms with van der Waals surface area (Å²) < 4.78 is 2.33. The zero-order chi connectivity index (χ0) is 7.97. The molecular formula is C10H14N2. The van der Waals surface area contributed by atoms with Gasteiger partial charge in [0.2, 0.25) is 0 Å². The Morgan fingerprint density at radius 1 is 1.17 bits per heavy atom. The third-order valence-corrected chi connectivity index (χ3v) is 3.08. The largest absolute Gasteiger partial charge is 0.334 e. The van der Waals surface area contributed by atoms with Gasteiger partial charge in [-0.3, -0.25) is 0 Å². The van der Waals surface area contributed by atoms with E-state index >= 15 is 0 Å². The molecule has 2 fully saturated rings. The van der Waals surface area contributed by atoms with Crippen LogP contribution in [0.3, 0.4) is 0 Å². The molecule has 2 heteroatoms. The molecule has 2 aliphatic carbocycles. The topological polar surface area (TPSA) is 17.8 Å². The smallest absolute Gasteiger partial charge is 0.0948 e. The maximum Gasteiger partial charge on any atom is 0.0948 e. The van der Waals surface area contributed by atoms with Gasteiger partial charge >= 0.3 is 0 Å². The zero-order valence-corrected chi connectivity index (χ0v) is 7.19. The lowest BCUT2D eigenvalue weighted by Gasteiger charge is -2.16. The first kappa shape index (κ1) is 6.70. The van der Waals surface area contributed by atoms with Crippen LogP contribution in [-0.2, 0) is 0 Å². The molecule has 1 heterocycles. The fourth-order valence-electron chi connectivity index (χ4n) is 2.19. The van der Waals surface area contributed by atoms with E-state index in [-0.39, 0.29) is 0 Å². The third kappa shape index (κ3) is 1.06. The highest BCUT2D eigenvalue weighted by molar-refractivity contribution is 4.97. The highest BCUT2D eigenvalue weighted by Gasteiger charge is 2.42. The van der Waals surface area contributed by atoms with Gasteiger partial charge in [-0.25, -0.2) is 4.98 Å². The average molecular weight is 162 g/mol. The minimum atomic E-state index is 0.799. The number of aromatic nitrogens is 2. The molecule has 0 N–H and O–H groups in total. The van der Waals surface area contributed by atoms with E-state index in [4.69, 9.17) is 0 Å². The molecule has 2 saturated carbocycles. The van der Waals surface area contributed by atoms with E-state index in [0.29, 0.717) is 0 Å². The Balaban J connectivity index is 1.85. The van der Waals surface area contributed by atoms with Gasteiger partial charge in [-0.05, 0) is 37.5 Å². The van der Waals surface area contributed by atoms with Crippen LogP contribution in [0.15, 0.2) is 18.7 Å². The second-order valence-corrected chi connectivity index (χ2v) is 4.18. The summed E-state index contributed by atoms with van der Waals surface area (Å²) in [7, 11) is 0. The van der Waals surface area contributed by atoms with Gasteiger partial charge in [-0.15, -0.1) is 0 Å². The molecule has 2 nitrogen and oxygen atoms in total. The number of hydrogen-bond acceptors (Lipinski definition) is 1. The van der Waals surface area contributed by atoms with Crippen molar-refractivity contribution in [2.75, 3.05) is 0 Å². The van der Waals surface area contributed by atoms with Crippen LogP contribution in [0.5, 0.6) is 0 Å². The van der Waals surface area contributed by atoms with Gasteiger partial charge in [0.15, 0.2) is 0 Å².